The molecule has 1 aromatic heterocycles. The van der Waals surface area contributed by atoms with Crippen molar-refractivity contribution in [1.29, 1.82) is 0 Å². The Hall–Kier alpha value is -2.90. The van der Waals surface area contributed by atoms with E-state index in [4.69, 9.17) is 4.42 Å². The van der Waals surface area contributed by atoms with Crippen molar-refractivity contribution in [2.45, 2.75) is 46.6 Å². The number of nitrogens with one attached hydrogen (secondary N) is 3. The fraction of sp³-hybridized carbons (Fsp3) is 0.476. The fourth-order valence-corrected chi connectivity index (χ4v) is 2.41. The average molecular weight is 404 g/mol. The van der Waals surface area contributed by atoms with E-state index in [0.29, 0.717) is 49.2 Å². The third kappa shape index (κ3) is 6.89. The minimum absolute atomic E-state index is 0.101. The summed E-state index contributed by atoms with van der Waals surface area (Å²) in [6.07, 6.45) is 1.73. The summed E-state index contributed by atoms with van der Waals surface area (Å²) in [7, 11) is 0. The standard InChI is InChI=1S/C21H30FN5O2/c1-6-23-20(27-13-18-26-12-17(29-18)21(3,4)5)25-10-9-24-19(28)15-8-7-14(2)16(22)11-15/h7-8,11-12H,6,9-10,13H2,1-5H3,(H,24,28)(H2,23,25,27). The lowest BCUT2D eigenvalue weighted by molar-refractivity contribution is 0.0954. The minimum atomic E-state index is -0.390. The van der Waals surface area contributed by atoms with E-state index in [1.165, 1.54) is 6.07 Å². The molecule has 0 unspecified atom stereocenters. The SMILES string of the molecule is CCNC(=NCc1ncc(C(C)(C)C)o1)NCCNC(=O)c1ccc(C)c(F)c1. The third-order valence-electron chi connectivity index (χ3n) is 4.15. The highest BCUT2D eigenvalue weighted by Gasteiger charge is 2.19. The molecule has 2 aromatic rings. The number of amides is 1. The van der Waals surface area contributed by atoms with Gasteiger partial charge in [0.1, 0.15) is 18.1 Å². The summed E-state index contributed by atoms with van der Waals surface area (Å²) in [6, 6.07) is 4.44. The van der Waals surface area contributed by atoms with E-state index in [1.54, 1.807) is 25.3 Å². The number of halogens is 1. The van der Waals surface area contributed by atoms with Crippen molar-refractivity contribution in [3.63, 3.8) is 0 Å². The van der Waals surface area contributed by atoms with E-state index >= 15 is 0 Å². The van der Waals surface area contributed by atoms with Crippen LogP contribution in [0.15, 0.2) is 33.8 Å². The second-order valence-electron chi connectivity index (χ2n) is 7.71. The zero-order valence-corrected chi connectivity index (χ0v) is 17.7. The Kier molecular flexibility index (Phi) is 7.75. The smallest absolute Gasteiger partial charge is 0.251 e. The van der Waals surface area contributed by atoms with Crippen molar-refractivity contribution in [3.8, 4) is 0 Å². The molecule has 0 spiro atoms. The summed E-state index contributed by atoms with van der Waals surface area (Å²) in [5.41, 5.74) is 0.707. The van der Waals surface area contributed by atoms with E-state index in [0.717, 1.165) is 5.76 Å². The minimum Gasteiger partial charge on any atom is -0.443 e. The van der Waals surface area contributed by atoms with E-state index < -0.39 is 5.82 Å². The Morgan fingerprint density at radius 3 is 2.55 bits per heavy atom. The van der Waals surface area contributed by atoms with Crippen LogP contribution >= 0.6 is 0 Å². The number of carbonyl (C=O) groups is 1. The molecule has 1 heterocycles. The van der Waals surface area contributed by atoms with Crippen LogP contribution in [0.4, 0.5) is 4.39 Å². The lowest BCUT2D eigenvalue weighted by atomic mass is 9.94. The first-order valence-corrected chi connectivity index (χ1v) is 9.72. The van der Waals surface area contributed by atoms with Crippen molar-refractivity contribution in [3.05, 3.63) is 53.0 Å². The maximum atomic E-state index is 13.6. The molecule has 0 saturated heterocycles. The zero-order valence-electron chi connectivity index (χ0n) is 17.7. The van der Waals surface area contributed by atoms with Gasteiger partial charge in [-0.1, -0.05) is 26.8 Å². The Labute approximate surface area is 171 Å². The van der Waals surface area contributed by atoms with Crippen molar-refractivity contribution < 1.29 is 13.6 Å². The Morgan fingerprint density at radius 1 is 1.21 bits per heavy atom. The molecule has 0 fully saturated rings. The maximum Gasteiger partial charge on any atom is 0.251 e. The van der Waals surface area contributed by atoms with Gasteiger partial charge in [0, 0.05) is 30.6 Å². The molecule has 8 heteroatoms. The predicted octanol–water partition coefficient (Wildman–Crippen LogP) is 2.90. The van der Waals surface area contributed by atoms with Gasteiger partial charge >= 0.3 is 0 Å². The topological polar surface area (TPSA) is 91.6 Å². The van der Waals surface area contributed by atoms with Gasteiger partial charge in [-0.05, 0) is 31.5 Å². The molecule has 0 aliphatic heterocycles. The lowest BCUT2D eigenvalue weighted by Gasteiger charge is -2.13. The molecule has 3 N–H and O–H groups in total. The zero-order chi connectivity index (χ0) is 21.4. The van der Waals surface area contributed by atoms with Gasteiger partial charge in [0.25, 0.3) is 5.91 Å². The molecule has 158 valence electrons. The summed E-state index contributed by atoms with van der Waals surface area (Å²) >= 11 is 0. The van der Waals surface area contributed by atoms with Gasteiger partial charge in [-0.3, -0.25) is 4.79 Å². The molecule has 1 amide bonds. The predicted molar refractivity (Wildman–Crippen MR) is 111 cm³/mol. The van der Waals surface area contributed by atoms with E-state index in [2.05, 4.69) is 46.7 Å². The number of oxazole rings is 1. The molecule has 0 aliphatic carbocycles. The highest BCUT2D eigenvalue weighted by Crippen LogP contribution is 2.22. The van der Waals surface area contributed by atoms with Crippen LogP contribution in [0.5, 0.6) is 0 Å². The molecule has 0 bridgehead atoms. The number of carbonyl (C=O) groups excluding carboxylic acids is 1. The molecular weight excluding hydrogens is 373 g/mol. The number of guanidine groups is 1. The van der Waals surface area contributed by atoms with Crippen LogP contribution in [0, 0.1) is 12.7 Å². The number of aliphatic imine (C=N–C) groups is 1. The number of nitrogens with zero attached hydrogens (tertiary/aromatic N) is 2. The van der Waals surface area contributed by atoms with Gasteiger partial charge in [0.05, 0.1) is 6.20 Å². The van der Waals surface area contributed by atoms with Gasteiger partial charge in [0.2, 0.25) is 5.89 Å². The molecule has 0 saturated carbocycles. The van der Waals surface area contributed by atoms with E-state index in [1.807, 2.05) is 6.92 Å². The molecule has 0 aliphatic rings. The number of benzene rings is 1. The molecule has 2 rings (SSSR count). The third-order valence-corrected chi connectivity index (χ3v) is 4.15. The van der Waals surface area contributed by atoms with Crippen LogP contribution in [-0.2, 0) is 12.0 Å². The van der Waals surface area contributed by atoms with Crippen LogP contribution in [0.1, 0.15) is 55.3 Å². The Bertz CT molecular complexity index is 855. The van der Waals surface area contributed by atoms with Crippen LogP contribution in [0.2, 0.25) is 0 Å². The summed E-state index contributed by atoms with van der Waals surface area (Å²) in [4.78, 5) is 20.8. The van der Waals surface area contributed by atoms with E-state index in [-0.39, 0.29) is 11.3 Å². The number of rotatable bonds is 7. The lowest BCUT2D eigenvalue weighted by Crippen LogP contribution is -2.41. The first kappa shape index (κ1) is 22.4. The first-order valence-electron chi connectivity index (χ1n) is 9.72. The van der Waals surface area contributed by atoms with Gasteiger partial charge < -0.3 is 20.4 Å². The monoisotopic (exact) mass is 403 g/mol. The van der Waals surface area contributed by atoms with Crippen molar-refractivity contribution >= 4 is 11.9 Å². The second kappa shape index (κ2) is 10.0. The molecular formula is C21H30FN5O2. The fourth-order valence-electron chi connectivity index (χ4n) is 2.41. The summed E-state index contributed by atoms with van der Waals surface area (Å²) in [6.45, 7) is 11.6. The molecule has 7 nitrogen and oxygen atoms in total. The van der Waals surface area contributed by atoms with Gasteiger partial charge in [0.15, 0.2) is 5.96 Å². The van der Waals surface area contributed by atoms with Crippen LogP contribution in [-0.4, -0.2) is 36.5 Å². The average Bonchev–Trinajstić information content (AvgIpc) is 3.14. The molecule has 1 aromatic carbocycles. The number of hydrogen-bond acceptors (Lipinski definition) is 4. The Morgan fingerprint density at radius 2 is 1.93 bits per heavy atom. The van der Waals surface area contributed by atoms with Crippen molar-refractivity contribution in [2.24, 2.45) is 4.99 Å². The van der Waals surface area contributed by atoms with Crippen LogP contribution in [0.3, 0.4) is 0 Å². The summed E-state index contributed by atoms with van der Waals surface area (Å²) in [5, 5.41) is 9.02. The summed E-state index contributed by atoms with van der Waals surface area (Å²) < 4.78 is 19.3. The molecule has 29 heavy (non-hydrogen) atoms. The van der Waals surface area contributed by atoms with Crippen molar-refractivity contribution in [2.75, 3.05) is 19.6 Å². The Balaban J connectivity index is 1.84. The van der Waals surface area contributed by atoms with Gasteiger partial charge in [-0.2, -0.15) is 0 Å². The second-order valence-corrected chi connectivity index (χ2v) is 7.71. The van der Waals surface area contributed by atoms with Crippen molar-refractivity contribution in [1.82, 2.24) is 20.9 Å². The first-order chi connectivity index (χ1) is 13.7. The van der Waals surface area contributed by atoms with Crippen LogP contribution in [0.25, 0.3) is 0 Å². The highest BCUT2D eigenvalue weighted by atomic mass is 19.1. The largest absolute Gasteiger partial charge is 0.443 e. The van der Waals surface area contributed by atoms with Gasteiger partial charge in [-0.15, -0.1) is 0 Å². The van der Waals surface area contributed by atoms with Gasteiger partial charge in [-0.25, -0.2) is 14.4 Å². The summed E-state index contributed by atoms with van der Waals surface area (Å²) in [5.74, 6) is 1.25. The normalized spacial score (nSPS) is 12.0. The molecule has 0 atom stereocenters. The number of aryl methyl sites for hydroxylation is 1. The van der Waals surface area contributed by atoms with Crippen LogP contribution < -0.4 is 16.0 Å². The number of hydrogen-bond donors (Lipinski definition) is 3. The number of aromatic nitrogens is 1. The maximum absolute atomic E-state index is 13.6. The van der Waals surface area contributed by atoms with E-state index in [9.17, 15) is 9.18 Å². The quantitative estimate of drug-likeness (QED) is 0.376. The molecule has 0 radical (unpaired) electrons. The highest BCUT2D eigenvalue weighted by molar-refractivity contribution is 5.94.